The third kappa shape index (κ3) is 3.92. The van der Waals surface area contributed by atoms with Gasteiger partial charge in [-0.1, -0.05) is 23.4 Å². The molecule has 1 aliphatic heterocycles. The lowest BCUT2D eigenvalue weighted by atomic mass is 10.2. The fourth-order valence-electron chi connectivity index (χ4n) is 3.14. The summed E-state index contributed by atoms with van der Waals surface area (Å²) in [4.78, 5) is 21.2. The normalized spacial score (nSPS) is 14.3. The summed E-state index contributed by atoms with van der Waals surface area (Å²) in [6.45, 7) is 4.88. The highest BCUT2D eigenvalue weighted by Crippen LogP contribution is 2.18. The summed E-state index contributed by atoms with van der Waals surface area (Å²) in [5, 5.41) is 6.92. The summed E-state index contributed by atoms with van der Waals surface area (Å²) in [5.41, 5.74) is 1.79. The molecule has 1 aromatic carbocycles. The number of aromatic nitrogens is 2. The average molecular weight is 363 g/mol. The van der Waals surface area contributed by atoms with Gasteiger partial charge >= 0.3 is 0 Å². The van der Waals surface area contributed by atoms with Crippen LogP contribution < -0.4 is 10.2 Å². The summed E-state index contributed by atoms with van der Waals surface area (Å²) >= 11 is 0. The monoisotopic (exact) mass is 363 g/mol. The number of hydrogen-bond donors (Lipinski definition) is 1. The number of anilines is 3. The van der Waals surface area contributed by atoms with Crippen LogP contribution in [0.3, 0.4) is 0 Å². The molecule has 3 heterocycles. The summed E-state index contributed by atoms with van der Waals surface area (Å²) in [5.74, 6) is 1.95. The van der Waals surface area contributed by atoms with Crippen molar-refractivity contribution in [2.24, 2.45) is 0 Å². The maximum atomic E-state index is 12.7. The highest BCUT2D eigenvalue weighted by Gasteiger charge is 2.22. The summed E-state index contributed by atoms with van der Waals surface area (Å²) in [6.07, 6.45) is 1.60. The Morgan fingerprint density at radius 2 is 1.81 bits per heavy atom. The quantitative estimate of drug-likeness (QED) is 0.768. The topological polar surface area (TPSA) is 74.5 Å². The number of carbonyl (C=O) groups is 1. The van der Waals surface area contributed by atoms with Crippen molar-refractivity contribution in [3.05, 3.63) is 66.1 Å². The number of aryl methyl sites for hydroxylation is 1. The van der Waals surface area contributed by atoms with Crippen LogP contribution in [0.5, 0.6) is 0 Å². The summed E-state index contributed by atoms with van der Waals surface area (Å²) in [6, 6.07) is 15.6. The van der Waals surface area contributed by atoms with E-state index in [1.165, 1.54) is 5.69 Å². The third-order valence-corrected chi connectivity index (χ3v) is 4.58. The van der Waals surface area contributed by atoms with Gasteiger partial charge in [0, 0.05) is 44.1 Å². The first kappa shape index (κ1) is 17.1. The van der Waals surface area contributed by atoms with Crippen LogP contribution in [0.2, 0.25) is 0 Å². The number of benzene rings is 1. The number of rotatable bonds is 4. The van der Waals surface area contributed by atoms with E-state index in [9.17, 15) is 4.79 Å². The molecular weight excluding hydrogens is 342 g/mol. The lowest BCUT2D eigenvalue weighted by molar-refractivity contribution is 0.0746. The lowest BCUT2D eigenvalue weighted by Gasteiger charge is -2.36. The van der Waals surface area contributed by atoms with E-state index in [1.807, 2.05) is 30.0 Å². The fourth-order valence-corrected chi connectivity index (χ4v) is 3.14. The second-order valence-electron chi connectivity index (χ2n) is 6.49. The number of hydrogen-bond acceptors (Lipinski definition) is 6. The van der Waals surface area contributed by atoms with Gasteiger partial charge in [0.15, 0.2) is 5.82 Å². The number of nitrogens with zero attached hydrogens (tertiary/aromatic N) is 4. The SMILES string of the molecule is Cc1cc(Nc2ccc(C(=O)N3CCN(c4ccccc4)CC3)cn2)no1. The van der Waals surface area contributed by atoms with Gasteiger partial charge < -0.3 is 19.6 Å². The molecule has 0 bridgehead atoms. The molecule has 1 N–H and O–H groups in total. The molecule has 1 fully saturated rings. The Bertz CT molecular complexity index is 900. The van der Waals surface area contributed by atoms with Crippen molar-refractivity contribution >= 4 is 23.2 Å². The zero-order valence-electron chi connectivity index (χ0n) is 15.1. The zero-order chi connectivity index (χ0) is 18.6. The van der Waals surface area contributed by atoms with Gasteiger partial charge in [0.25, 0.3) is 5.91 Å². The van der Waals surface area contributed by atoms with Crippen LogP contribution in [0.25, 0.3) is 0 Å². The molecule has 1 amide bonds. The highest BCUT2D eigenvalue weighted by molar-refractivity contribution is 5.94. The molecule has 0 radical (unpaired) electrons. The van der Waals surface area contributed by atoms with Crippen molar-refractivity contribution in [1.29, 1.82) is 0 Å². The minimum absolute atomic E-state index is 0.0130. The van der Waals surface area contributed by atoms with Crippen LogP contribution in [0.1, 0.15) is 16.1 Å². The molecule has 7 nitrogen and oxygen atoms in total. The van der Waals surface area contributed by atoms with Gasteiger partial charge in [-0.15, -0.1) is 0 Å². The Morgan fingerprint density at radius 3 is 2.44 bits per heavy atom. The van der Waals surface area contributed by atoms with Crippen molar-refractivity contribution in [2.75, 3.05) is 36.4 Å². The first-order valence-corrected chi connectivity index (χ1v) is 8.95. The van der Waals surface area contributed by atoms with Gasteiger partial charge in [-0.25, -0.2) is 4.98 Å². The van der Waals surface area contributed by atoms with E-state index >= 15 is 0 Å². The average Bonchev–Trinajstić information content (AvgIpc) is 3.13. The number of carbonyl (C=O) groups excluding carboxylic acids is 1. The molecular formula is C20H21N5O2. The number of nitrogens with one attached hydrogen (secondary N) is 1. The number of amides is 1. The largest absolute Gasteiger partial charge is 0.368 e. The van der Waals surface area contributed by atoms with Crippen LogP contribution in [0.15, 0.2) is 59.3 Å². The Kier molecular flexibility index (Phi) is 4.74. The maximum absolute atomic E-state index is 12.7. The first-order valence-electron chi connectivity index (χ1n) is 8.95. The number of para-hydroxylation sites is 1. The van der Waals surface area contributed by atoms with Crippen LogP contribution >= 0.6 is 0 Å². The van der Waals surface area contributed by atoms with Crippen molar-refractivity contribution in [1.82, 2.24) is 15.0 Å². The van der Waals surface area contributed by atoms with Gasteiger partial charge in [-0.05, 0) is 31.2 Å². The van der Waals surface area contributed by atoms with Gasteiger partial charge in [0.1, 0.15) is 11.6 Å². The Hall–Kier alpha value is -3.35. The van der Waals surface area contributed by atoms with E-state index in [0.717, 1.165) is 18.8 Å². The number of pyridine rings is 1. The smallest absolute Gasteiger partial charge is 0.255 e. The van der Waals surface area contributed by atoms with E-state index in [4.69, 9.17) is 4.52 Å². The van der Waals surface area contributed by atoms with Crippen molar-refractivity contribution in [2.45, 2.75) is 6.92 Å². The molecule has 0 aliphatic carbocycles. The van der Waals surface area contributed by atoms with E-state index in [2.05, 4.69) is 32.5 Å². The third-order valence-electron chi connectivity index (χ3n) is 4.58. The van der Waals surface area contributed by atoms with Crippen molar-refractivity contribution < 1.29 is 9.32 Å². The lowest BCUT2D eigenvalue weighted by Crippen LogP contribution is -2.48. The van der Waals surface area contributed by atoms with Crippen LogP contribution in [-0.2, 0) is 0 Å². The Labute approximate surface area is 157 Å². The van der Waals surface area contributed by atoms with Crippen LogP contribution in [0, 0.1) is 6.92 Å². The fraction of sp³-hybridized carbons (Fsp3) is 0.250. The Morgan fingerprint density at radius 1 is 1.04 bits per heavy atom. The molecule has 7 heteroatoms. The highest BCUT2D eigenvalue weighted by atomic mass is 16.5. The van der Waals surface area contributed by atoms with Crippen LogP contribution in [-0.4, -0.2) is 47.1 Å². The standard InChI is InChI=1S/C20H21N5O2/c1-15-13-19(23-27-15)22-18-8-7-16(14-21-18)20(26)25-11-9-24(10-12-25)17-5-3-2-4-6-17/h2-8,13-14H,9-12H2,1H3,(H,21,22,23). The molecule has 27 heavy (non-hydrogen) atoms. The predicted octanol–water partition coefficient (Wildman–Crippen LogP) is 3.08. The molecule has 0 unspecified atom stereocenters. The van der Waals surface area contributed by atoms with Gasteiger partial charge in [0.2, 0.25) is 0 Å². The van der Waals surface area contributed by atoms with Gasteiger partial charge in [0.05, 0.1) is 5.56 Å². The van der Waals surface area contributed by atoms with Crippen LogP contribution in [0.4, 0.5) is 17.3 Å². The molecule has 3 aromatic rings. The number of piperazine rings is 1. The second kappa shape index (κ2) is 7.49. The minimum atomic E-state index is 0.0130. The summed E-state index contributed by atoms with van der Waals surface area (Å²) < 4.78 is 5.01. The molecule has 2 aromatic heterocycles. The Balaban J connectivity index is 1.36. The summed E-state index contributed by atoms with van der Waals surface area (Å²) in [7, 11) is 0. The van der Waals surface area contributed by atoms with E-state index in [-0.39, 0.29) is 5.91 Å². The van der Waals surface area contributed by atoms with E-state index < -0.39 is 0 Å². The molecule has 4 rings (SSSR count). The van der Waals surface area contributed by atoms with Crippen molar-refractivity contribution in [3.8, 4) is 0 Å². The van der Waals surface area contributed by atoms with Crippen molar-refractivity contribution in [3.63, 3.8) is 0 Å². The maximum Gasteiger partial charge on any atom is 0.255 e. The molecule has 0 saturated carbocycles. The van der Waals surface area contributed by atoms with E-state index in [0.29, 0.717) is 30.3 Å². The minimum Gasteiger partial charge on any atom is -0.368 e. The zero-order valence-corrected chi connectivity index (χ0v) is 15.1. The van der Waals surface area contributed by atoms with E-state index in [1.54, 1.807) is 24.4 Å². The molecule has 138 valence electrons. The molecule has 1 aliphatic rings. The predicted molar refractivity (Wildman–Crippen MR) is 103 cm³/mol. The molecule has 1 saturated heterocycles. The first-order chi connectivity index (χ1) is 13.2. The van der Waals surface area contributed by atoms with Gasteiger partial charge in [-0.3, -0.25) is 4.79 Å². The molecule has 0 atom stereocenters. The molecule has 0 spiro atoms. The van der Waals surface area contributed by atoms with Gasteiger partial charge in [-0.2, -0.15) is 0 Å². The second-order valence-corrected chi connectivity index (χ2v) is 6.49.